The summed E-state index contributed by atoms with van der Waals surface area (Å²) < 4.78 is 8.43. The Bertz CT molecular complexity index is 538. The van der Waals surface area contributed by atoms with Crippen LogP contribution in [-0.2, 0) is 7.05 Å². The minimum atomic E-state index is 0.102. The number of aryl methyl sites for hydroxylation is 1. The molecule has 0 fully saturated rings. The molecule has 0 aliphatic carbocycles. The summed E-state index contributed by atoms with van der Waals surface area (Å²) in [5.74, 6) is 0.818. The molecule has 1 atom stereocenters. The lowest BCUT2D eigenvalue weighted by Gasteiger charge is -2.19. The first-order valence-corrected chi connectivity index (χ1v) is 7.87. The van der Waals surface area contributed by atoms with Gasteiger partial charge in [-0.2, -0.15) is 5.10 Å². The molecule has 2 aromatic heterocycles. The molecule has 104 valence electrons. The highest BCUT2D eigenvalue weighted by molar-refractivity contribution is 9.11. The maximum absolute atomic E-state index is 5.42. The zero-order valence-corrected chi connectivity index (χ0v) is 13.7. The van der Waals surface area contributed by atoms with Crippen molar-refractivity contribution in [3.63, 3.8) is 0 Å². The molecule has 1 N–H and O–H groups in total. The quantitative estimate of drug-likeness (QED) is 0.874. The summed E-state index contributed by atoms with van der Waals surface area (Å²) in [7, 11) is 3.63. The number of methoxy groups -OCH3 is 1. The van der Waals surface area contributed by atoms with Gasteiger partial charge in [-0.25, -0.2) is 0 Å². The molecule has 2 rings (SSSR count). The fourth-order valence-electron chi connectivity index (χ4n) is 2.05. The van der Waals surface area contributed by atoms with Gasteiger partial charge in [0.2, 0.25) is 0 Å². The van der Waals surface area contributed by atoms with E-state index in [9.17, 15) is 0 Å². The highest BCUT2D eigenvalue weighted by atomic mass is 79.9. The standard InChI is InChI=1S/C13H18BrN3OS/c1-4-5-15-12(9-6-11(14)19-8-9)13-10(18-3)7-16-17(13)2/h6-8,12,15H,4-5H2,1-3H3. The molecule has 0 radical (unpaired) electrons. The van der Waals surface area contributed by atoms with E-state index in [1.807, 2.05) is 11.7 Å². The topological polar surface area (TPSA) is 39.1 Å². The first kappa shape index (κ1) is 14.6. The molecule has 6 heteroatoms. The number of halogens is 1. The molecular formula is C13H18BrN3OS. The van der Waals surface area contributed by atoms with Gasteiger partial charge in [0.25, 0.3) is 0 Å². The summed E-state index contributed by atoms with van der Waals surface area (Å²) >= 11 is 5.21. The Morgan fingerprint density at radius 3 is 2.95 bits per heavy atom. The number of hydrogen-bond donors (Lipinski definition) is 1. The van der Waals surface area contributed by atoms with Crippen molar-refractivity contribution in [2.24, 2.45) is 7.05 Å². The minimum Gasteiger partial charge on any atom is -0.493 e. The predicted octanol–water partition coefficient (Wildman–Crippen LogP) is 3.34. The van der Waals surface area contributed by atoms with E-state index in [-0.39, 0.29) is 6.04 Å². The van der Waals surface area contributed by atoms with Crippen LogP contribution in [0.1, 0.15) is 30.6 Å². The fourth-order valence-corrected chi connectivity index (χ4v) is 3.25. The minimum absolute atomic E-state index is 0.102. The van der Waals surface area contributed by atoms with Gasteiger partial charge in [0.15, 0.2) is 5.75 Å². The molecule has 0 aromatic carbocycles. The second-order valence-electron chi connectivity index (χ2n) is 4.29. The van der Waals surface area contributed by atoms with Crippen LogP contribution in [0.5, 0.6) is 5.75 Å². The van der Waals surface area contributed by atoms with Crippen molar-refractivity contribution < 1.29 is 4.74 Å². The van der Waals surface area contributed by atoms with E-state index in [4.69, 9.17) is 4.74 Å². The van der Waals surface area contributed by atoms with Crippen LogP contribution in [0.15, 0.2) is 21.4 Å². The van der Waals surface area contributed by atoms with E-state index in [1.54, 1.807) is 24.6 Å². The summed E-state index contributed by atoms with van der Waals surface area (Å²) in [5, 5.41) is 10.0. The van der Waals surface area contributed by atoms with Gasteiger partial charge in [-0.15, -0.1) is 11.3 Å². The van der Waals surface area contributed by atoms with Gasteiger partial charge in [0, 0.05) is 7.05 Å². The summed E-state index contributed by atoms with van der Waals surface area (Å²) in [6.45, 7) is 3.11. The largest absolute Gasteiger partial charge is 0.493 e. The van der Waals surface area contributed by atoms with Crippen molar-refractivity contribution in [2.75, 3.05) is 13.7 Å². The summed E-state index contributed by atoms with van der Waals surface area (Å²) in [4.78, 5) is 0. The average molecular weight is 344 g/mol. The van der Waals surface area contributed by atoms with Crippen molar-refractivity contribution in [1.29, 1.82) is 0 Å². The van der Waals surface area contributed by atoms with Gasteiger partial charge >= 0.3 is 0 Å². The molecule has 0 saturated heterocycles. The van der Waals surface area contributed by atoms with E-state index in [2.05, 4.69) is 44.7 Å². The lowest BCUT2D eigenvalue weighted by Crippen LogP contribution is -2.25. The third kappa shape index (κ3) is 3.19. The van der Waals surface area contributed by atoms with E-state index in [1.165, 1.54) is 5.56 Å². The van der Waals surface area contributed by atoms with Crippen LogP contribution in [0, 0.1) is 0 Å². The smallest absolute Gasteiger partial charge is 0.161 e. The monoisotopic (exact) mass is 343 g/mol. The van der Waals surface area contributed by atoms with Crippen LogP contribution in [0.4, 0.5) is 0 Å². The van der Waals surface area contributed by atoms with Gasteiger partial charge in [0.1, 0.15) is 5.69 Å². The van der Waals surface area contributed by atoms with Gasteiger partial charge in [-0.05, 0) is 45.9 Å². The highest BCUT2D eigenvalue weighted by Crippen LogP contribution is 2.33. The molecule has 0 spiro atoms. The zero-order chi connectivity index (χ0) is 13.8. The van der Waals surface area contributed by atoms with Crippen LogP contribution >= 0.6 is 27.3 Å². The number of aromatic nitrogens is 2. The molecular weight excluding hydrogens is 326 g/mol. The molecule has 0 aliphatic heterocycles. The second kappa shape index (κ2) is 6.54. The second-order valence-corrected chi connectivity index (χ2v) is 6.58. The van der Waals surface area contributed by atoms with Crippen LogP contribution < -0.4 is 10.1 Å². The number of ether oxygens (including phenoxy) is 1. The SMILES string of the molecule is CCCNC(c1csc(Br)c1)c1c(OC)cnn1C. The molecule has 0 amide bonds. The predicted molar refractivity (Wildman–Crippen MR) is 81.9 cm³/mol. The first-order chi connectivity index (χ1) is 9.17. The molecule has 2 aromatic rings. The van der Waals surface area contributed by atoms with Crippen molar-refractivity contribution >= 4 is 27.3 Å². The summed E-state index contributed by atoms with van der Waals surface area (Å²) in [5.41, 5.74) is 2.29. The van der Waals surface area contributed by atoms with Crippen molar-refractivity contribution in [3.05, 3.63) is 32.7 Å². The van der Waals surface area contributed by atoms with Crippen LogP contribution in [0.25, 0.3) is 0 Å². The van der Waals surface area contributed by atoms with Crippen LogP contribution in [-0.4, -0.2) is 23.4 Å². The Kier molecular flexibility index (Phi) is 5.01. The number of nitrogens with zero attached hydrogens (tertiary/aromatic N) is 2. The Labute approximate surface area is 125 Å². The molecule has 0 aliphatic rings. The van der Waals surface area contributed by atoms with Gasteiger partial charge in [-0.3, -0.25) is 4.68 Å². The molecule has 19 heavy (non-hydrogen) atoms. The molecule has 2 heterocycles. The van der Waals surface area contributed by atoms with E-state index in [0.717, 1.165) is 28.2 Å². The molecule has 0 bridgehead atoms. The molecule has 4 nitrogen and oxygen atoms in total. The zero-order valence-electron chi connectivity index (χ0n) is 11.3. The van der Waals surface area contributed by atoms with Crippen molar-refractivity contribution in [1.82, 2.24) is 15.1 Å². The van der Waals surface area contributed by atoms with E-state index in [0.29, 0.717) is 0 Å². The Hall–Kier alpha value is -0.850. The first-order valence-electron chi connectivity index (χ1n) is 6.20. The Morgan fingerprint density at radius 1 is 1.58 bits per heavy atom. The van der Waals surface area contributed by atoms with Crippen molar-refractivity contribution in [2.45, 2.75) is 19.4 Å². The normalized spacial score (nSPS) is 12.6. The van der Waals surface area contributed by atoms with Gasteiger partial charge in [-0.1, -0.05) is 6.92 Å². The van der Waals surface area contributed by atoms with Crippen LogP contribution in [0.3, 0.4) is 0 Å². The highest BCUT2D eigenvalue weighted by Gasteiger charge is 2.22. The number of thiophene rings is 1. The number of hydrogen-bond acceptors (Lipinski definition) is 4. The van der Waals surface area contributed by atoms with E-state index < -0.39 is 0 Å². The third-order valence-corrected chi connectivity index (χ3v) is 4.48. The third-order valence-electron chi connectivity index (χ3n) is 2.96. The van der Waals surface area contributed by atoms with Crippen LogP contribution in [0.2, 0.25) is 0 Å². The fraction of sp³-hybridized carbons (Fsp3) is 0.462. The average Bonchev–Trinajstić information content (AvgIpc) is 2.98. The maximum atomic E-state index is 5.42. The Morgan fingerprint density at radius 2 is 2.37 bits per heavy atom. The lowest BCUT2D eigenvalue weighted by atomic mass is 10.1. The number of rotatable bonds is 6. The maximum Gasteiger partial charge on any atom is 0.161 e. The Balaban J connectivity index is 2.39. The van der Waals surface area contributed by atoms with Gasteiger partial charge in [0.05, 0.1) is 23.1 Å². The van der Waals surface area contributed by atoms with Gasteiger partial charge < -0.3 is 10.1 Å². The lowest BCUT2D eigenvalue weighted by molar-refractivity contribution is 0.400. The summed E-state index contributed by atoms with van der Waals surface area (Å²) in [6.07, 6.45) is 2.85. The van der Waals surface area contributed by atoms with Crippen molar-refractivity contribution in [3.8, 4) is 5.75 Å². The number of nitrogens with one attached hydrogen (secondary N) is 1. The molecule has 0 saturated carbocycles. The van der Waals surface area contributed by atoms with E-state index >= 15 is 0 Å². The molecule has 1 unspecified atom stereocenters. The summed E-state index contributed by atoms with van der Waals surface area (Å²) in [6, 6.07) is 2.25.